The average molecular weight is 551 g/mol. The maximum Gasteiger partial charge on any atom is 0.248 e. The zero-order valence-corrected chi connectivity index (χ0v) is 22.4. The highest BCUT2D eigenvalue weighted by Gasteiger charge is 2.43. The van der Waals surface area contributed by atoms with Gasteiger partial charge in [0.2, 0.25) is 11.7 Å². The Morgan fingerprint density at radius 3 is 2.40 bits per heavy atom. The largest absolute Gasteiger partial charge is 0.494 e. The molecule has 9 nitrogen and oxygen atoms in total. The van der Waals surface area contributed by atoms with Gasteiger partial charge in [-0.15, -0.1) is 5.10 Å². The van der Waals surface area contributed by atoms with Crippen molar-refractivity contribution >= 4 is 16.8 Å². The van der Waals surface area contributed by atoms with Crippen LogP contribution in [0.4, 0.5) is 8.78 Å². The number of carbonyl (C=O) groups excluding carboxylic acids is 1. The fourth-order valence-corrected chi connectivity index (χ4v) is 4.84. The summed E-state index contributed by atoms with van der Waals surface area (Å²) in [7, 11) is 1.45. The zero-order chi connectivity index (χ0) is 28.8. The van der Waals surface area contributed by atoms with Crippen molar-refractivity contribution in [1.82, 2.24) is 15.2 Å². The van der Waals surface area contributed by atoms with Crippen molar-refractivity contribution in [3.05, 3.63) is 82.2 Å². The SMILES string of the molecule is COc1cc(C(N)=O)cc2c(CC3(c4cc(C(C)(C)O)c(F)c(-c5ccc(F)cc5)n4)OCCO3)c(C)nnc12. The van der Waals surface area contributed by atoms with Gasteiger partial charge in [-0.1, -0.05) is 0 Å². The minimum Gasteiger partial charge on any atom is -0.494 e. The van der Waals surface area contributed by atoms with Gasteiger partial charge < -0.3 is 25.1 Å². The van der Waals surface area contributed by atoms with E-state index in [9.17, 15) is 14.3 Å². The second kappa shape index (κ2) is 10.2. The minimum atomic E-state index is -1.60. The summed E-state index contributed by atoms with van der Waals surface area (Å²) in [6, 6.07) is 9.72. The monoisotopic (exact) mass is 550 g/mol. The summed E-state index contributed by atoms with van der Waals surface area (Å²) < 4.78 is 47.2. The predicted octanol–water partition coefficient (Wildman–Crippen LogP) is 4.06. The van der Waals surface area contributed by atoms with Crippen LogP contribution >= 0.6 is 0 Å². The van der Waals surface area contributed by atoms with Crippen LogP contribution in [0.3, 0.4) is 0 Å². The molecule has 2 aromatic carbocycles. The summed E-state index contributed by atoms with van der Waals surface area (Å²) in [6.45, 7) is 5.09. The number of aromatic nitrogens is 3. The predicted molar refractivity (Wildman–Crippen MR) is 141 cm³/mol. The number of methoxy groups -OCH3 is 1. The Morgan fingerprint density at radius 2 is 1.80 bits per heavy atom. The molecule has 0 bridgehead atoms. The van der Waals surface area contributed by atoms with Gasteiger partial charge in [0.25, 0.3) is 0 Å². The number of nitrogens with two attached hydrogens (primary N) is 1. The smallest absolute Gasteiger partial charge is 0.248 e. The van der Waals surface area contributed by atoms with E-state index in [0.717, 1.165) is 0 Å². The highest BCUT2D eigenvalue weighted by Crippen LogP contribution is 2.41. The van der Waals surface area contributed by atoms with E-state index in [1.165, 1.54) is 57.4 Å². The summed E-state index contributed by atoms with van der Waals surface area (Å²) in [5, 5.41) is 20.0. The molecule has 1 saturated heterocycles. The number of aliphatic hydroxyl groups is 1. The van der Waals surface area contributed by atoms with Gasteiger partial charge in [0.15, 0.2) is 5.82 Å². The maximum absolute atomic E-state index is 15.8. The first-order valence-corrected chi connectivity index (χ1v) is 12.5. The van der Waals surface area contributed by atoms with Gasteiger partial charge in [-0.25, -0.2) is 13.8 Å². The Balaban J connectivity index is 1.74. The molecule has 3 heterocycles. The Kier molecular flexibility index (Phi) is 6.99. The fourth-order valence-electron chi connectivity index (χ4n) is 4.84. The molecule has 1 aliphatic rings. The van der Waals surface area contributed by atoms with E-state index in [4.69, 9.17) is 19.9 Å². The molecule has 5 rings (SSSR count). The molecule has 4 aromatic rings. The highest BCUT2D eigenvalue weighted by atomic mass is 19.1. The molecular formula is C29H28F2N4O5. The number of hydrogen-bond donors (Lipinski definition) is 2. The molecule has 1 aliphatic heterocycles. The van der Waals surface area contributed by atoms with E-state index in [-0.39, 0.29) is 42.1 Å². The Bertz CT molecular complexity index is 1610. The molecule has 1 fully saturated rings. The van der Waals surface area contributed by atoms with Gasteiger partial charge >= 0.3 is 0 Å². The Morgan fingerprint density at radius 1 is 1.12 bits per heavy atom. The summed E-state index contributed by atoms with van der Waals surface area (Å²) in [5.74, 6) is -3.09. The summed E-state index contributed by atoms with van der Waals surface area (Å²) >= 11 is 0. The molecular weight excluding hydrogens is 522 g/mol. The quantitative estimate of drug-likeness (QED) is 0.353. The number of benzene rings is 2. The van der Waals surface area contributed by atoms with E-state index >= 15 is 4.39 Å². The number of fused-ring (bicyclic) bond motifs is 1. The van der Waals surface area contributed by atoms with Crippen molar-refractivity contribution in [3.63, 3.8) is 0 Å². The molecule has 0 aliphatic carbocycles. The van der Waals surface area contributed by atoms with E-state index in [1.54, 1.807) is 13.0 Å². The minimum absolute atomic E-state index is 0.0394. The molecule has 0 unspecified atom stereocenters. The van der Waals surface area contributed by atoms with Crippen LogP contribution in [0.1, 0.15) is 46.7 Å². The van der Waals surface area contributed by atoms with Crippen LogP contribution in [0.15, 0.2) is 42.5 Å². The molecule has 208 valence electrons. The molecule has 11 heteroatoms. The van der Waals surface area contributed by atoms with Gasteiger partial charge in [0, 0.05) is 28.5 Å². The third-order valence-electron chi connectivity index (χ3n) is 6.93. The summed E-state index contributed by atoms with van der Waals surface area (Å²) in [6.07, 6.45) is 0.0447. The van der Waals surface area contributed by atoms with Gasteiger partial charge in [0.1, 0.15) is 28.5 Å². The number of nitrogens with zero attached hydrogens (tertiary/aromatic N) is 3. The maximum atomic E-state index is 15.8. The van der Waals surface area contributed by atoms with Crippen LogP contribution in [-0.2, 0) is 27.3 Å². The van der Waals surface area contributed by atoms with Crippen molar-refractivity contribution in [2.45, 2.75) is 38.6 Å². The first kappa shape index (κ1) is 27.5. The lowest BCUT2D eigenvalue weighted by Crippen LogP contribution is -2.33. The summed E-state index contributed by atoms with van der Waals surface area (Å²) in [5.41, 5.74) is 6.11. The van der Waals surface area contributed by atoms with Gasteiger partial charge in [0.05, 0.1) is 31.6 Å². The first-order chi connectivity index (χ1) is 18.9. The van der Waals surface area contributed by atoms with Gasteiger partial charge in [-0.2, -0.15) is 5.10 Å². The van der Waals surface area contributed by atoms with E-state index in [1.807, 2.05) is 0 Å². The normalized spacial score (nSPS) is 15.0. The number of carbonyl (C=O) groups is 1. The van der Waals surface area contributed by atoms with E-state index in [0.29, 0.717) is 33.5 Å². The van der Waals surface area contributed by atoms with Crippen molar-refractivity contribution in [1.29, 1.82) is 0 Å². The number of pyridine rings is 1. The van der Waals surface area contributed by atoms with Gasteiger partial charge in [-0.05, 0) is 68.8 Å². The number of hydrogen-bond acceptors (Lipinski definition) is 8. The number of aryl methyl sites for hydroxylation is 1. The molecule has 0 spiro atoms. The Labute approximate surface area is 228 Å². The third kappa shape index (κ3) is 4.87. The molecule has 0 radical (unpaired) electrons. The van der Waals surface area contributed by atoms with Crippen molar-refractivity contribution in [3.8, 4) is 17.0 Å². The van der Waals surface area contributed by atoms with Crippen LogP contribution in [0.2, 0.25) is 0 Å². The number of rotatable bonds is 7. The highest BCUT2D eigenvalue weighted by molar-refractivity contribution is 6.00. The average Bonchev–Trinajstić information content (AvgIpc) is 3.39. The van der Waals surface area contributed by atoms with E-state index in [2.05, 4.69) is 15.2 Å². The van der Waals surface area contributed by atoms with Crippen LogP contribution in [0.5, 0.6) is 5.75 Å². The second-order valence-electron chi connectivity index (χ2n) is 10.1. The molecule has 40 heavy (non-hydrogen) atoms. The van der Waals surface area contributed by atoms with Crippen molar-refractivity contribution in [2.75, 3.05) is 20.3 Å². The van der Waals surface area contributed by atoms with Crippen LogP contribution < -0.4 is 10.5 Å². The van der Waals surface area contributed by atoms with Crippen LogP contribution in [0.25, 0.3) is 22.2 Å². The topological polar surface area (TPSA) is 130 Å². The van der Waals surface area contributed by atoms with Crippen molar-refractivity contribution in [2.24, 2.45) is 5.73 Å². The second-order valence-corrected chi connectivity index (χ2v) is 10.1. The van der Waals surface area contributed by atoms with Crippen LogP contribution in [0, 0.1) is 18.6 Å². The number of ether oxygens (including phenoxy) is 3. The van der Waals surface area contributed by atoms with Crippen molar-refractivity contribution < 1.29 is 32.9 Å². The zero-order valence-electron chi connectivity index (χ0n) is 22.4. The molecule has 3 N–H and O–H groups in total. The summed E-state index contributed by atoms with van der Waals surface area (Å²) in [4.78, 5) is 16.7. The lowest BCUT2D eigenvalue weighted by atomic mass is 9.91. The number of halogens is 2. The van der Waals surface area contributed by atoms with Gasteiger partial charge in [-0.3, -0.25) is 4.79 Å². The molecule has 0 saturated carbocycles. The fraction of sp³-hybridized carbons (Fsp3) is 0.310. The molecule has 0 atom stereocenters. The standard InChI is InChI=1S/C29H28F2N4O5/c1-15-20(19-11-17(27(32)36)12-22(38-4)26(19)35-34-15)14-29(39-9-10-40-29)23-13-21(28(2,3)37)24(31)25(33-23)16-5-7-18(30)8-6-16/h5-8,11-13,37H,9-10,14H2,1-4H3,(H2,32,36). The Hall–Kier alpha value is -4.06. The lowest BCUT2D eigenvalue weighted by Gasteiger charge is -2.30. The third-order valence-corrected chi connectivity index (χ3v) is 6.93. The van der Waals surface area contributed by atoms with E-state index < -0.39 is 28.9 Å². The number of amides is 1. The molecule has 1 amide bonds. The first-order valence-electron chi connectivity index (χ1n) is 12.5. The lowest BCUT2D eigenvalue weighted by molar-refractivity contribution is -0.167. The number of primary amides is 1. The van der Waals surface area contributed by atoms with Crippen LogP contribution in [-0.4, -0.2) is 46.5 Å². The molecule has 2 aromatic heterocycles.